The molecular formula is C13H18FNO3. The van der Waals surface area contributed by atoms with E-state index in [-0.39, 0.29) is 18.3 Å². The van der Waals surface area contributed by atoms with E-state index < -0.39 is 5.91 Å². The minimum Gasteiger partial charge on any atom is -0.381 e. The molecule has 0 bridgehead atoms. The van der Waals surface area contributed by atoms with Gasteiger partial charge in [-0.3, -0.25) is 10.0 Å². The maximum atomic E-state index is 13.1. The fourth-order valence-electron chi connectivity index (χ4n) is 1.75. The number of carbonyl (C=O) groups excluding carboxylic acids is 1. The summed E-state index contributed by atoms with van der Waals surface area (Å²) in [5.41, 5.74) is 3.18. The number of aryl methyl sites for hydroxylation is 2. The number of carbonyl (C=O) groups is 1. The zero-order valence-corrected chi connectivity index (χ0v) is 10.6. The summed E-state index contributed by atoms with van der Waals surface area (Å²) in [6, 6.07) is 4.95. The van der Waals surface area contributed by atoms with Gasteiger partial charge < -0.3 is 4.74 Å². The van der Waals surface area contributed by atoms with Crippen molar-refractivity contribution in [2.45, 2.75) is 32.3 Å². The van der Waals surface area contributed by atoms with E-state index in [0.717, 1.165) is 5.56 Å². The summed E-state index contributed by atoms with van der Waals surface area (Å²) in [5.74, 6) is -0.696. The number of methoxy groups -OCH3 is 1. The van der Waals surface area contributed by atoms with Crippen molar-refractivity contribution in [3.05, 3.63) is 35.1 Å². The molecule has 1 amide bonds. The molecule has 18 heavy (non-hydrogen) atoms. The first kappa shape index (κ1) is 14.6. The Bertz CT molecular complexity index is 409. The first-order valence-electron chi connectivity index (χ1n) is 5.77. The van der Waals surface area contributed by atoms with Crippen molar-refractivity contribution in [1.82, 2.24) is 5.48 Å². The molecule has 0 heterocycles. The fourth-order valence-corrected chi connectivity index (χ4v) is 1.75. The molecule has 0 aliphatic heterocycles. The molecule has 100 valence electrons. The summed E-state index contributed by atoms with van der Waals surface area (Å²) < 4.78 is 18.2. The van der Waals surface area contributed by atoms with Crippen LogP contribution in [0, 0.1) is 12.7 Å². The standard InChI is InChI=1S/C13H18FNO3/c1-9-7-10(4-6-12(9)14)3-5-11(18-2)8-13(16)15-17/h4,6-7,11,17H,3,5,8H2,1-2H3,(H,15,16). The Morgan fingerprint density at radius 2 is 2.28 bits per heavy atom. The number of hydrogen-bond acceptors (Lipinski definition) is 3. The van der Waals surface area contributed by atoms with E-state index in [1.54, 1.807) is 24.5 Å². The average Bonchev–Trinajstić information content (AvgIpc) is 2.38. The van der Waals surface area contributed by atoms with Crippen molar-refractivity contribution in [3.8, 4) is 0 Å². The highest BCUT2D eigenvalue weighted by molar-refractivity contribution is 5.75. The monoisotopic (exact) mass is 255 g/mol. The van der Waals surface area contributed by atoms with Crippen molar-refractivity contribution in [1.29, 1.82) is 0 Å². The number of hydrogen-bond donors (Lipinski definition) is 2. The van der Waals surface area contributed by atoms with Crippen LogP contribution in [0.2, 0.25) is 0 Å². The largest absolute Gasteiger partial charge is 0.381 e. The highest BCUT2D eigenvalue weighted by Gasteiger charge is 2.13. The summed E-state index contributed by atoms with van der Waals surface area (Å²) in [6.45, 7) is 1.71. The Morgan fingerprint density at radius 3 is 2.83 bits per heavy atom. The quantitative estimate of drug-likeness (QED) is 0.603. The first-order chi connectivity index (χ1) is 8.56. The summed E-state index contributed by atoms with van der Waals surface area (Å²) in [6.07, 6.45) is 1.17. The molecule has 0 fully saturated rings. The normalized spacial score (nSPS) is 12.2. The van der Waals surface area contributed by atoms with Gasteiger partial charge in [-0.15, -0.1) is 0 Å². The lowest BCUT2D eigenvalue weighted by atomic mass is 10.0. The van der Waals surface area contributed by atoms with Crippen molar-refractivity contribution in [2.24, 2.45) is 0 Å². The molecule has 1 aromatic carbocycles. The first-order valence-corrected chi connectivity index (χ1v) is 5.77. The van der Waals surface area contributed by atoms with Gasteiger partial charge in [-0.05, 0) is 37.0 Å². The van der Waals surface area contributed by atoms with Gasteiger partial charge in [-0.2, -0.15) is 0 Å². The third-order valence-corrected chi connectivity index (χ3v) is 2.85. The number of halogens is 1. The molecule has 0 aliphatic carbocycles. The second-order valence-corrected chi connectivity index (χ2v) is 4.22. The highest BCUT2D eigenvalue weighted by atomic mass is 19.1. The van der Waals surface area contributed by atoms with Crippen molar-refractivity contribution in [2.75, 3.05) is 7.11 Å². The Hall–Kier alpha value is -1.46. The molecule has 0 spiro atoms. The van der Waals surface area contributed by atoms with Gasteiger partial charge in [0, 0.05) is 7.11 Å². The molecule has 1 unspecified atom stereocenters. The maximum Gasteiger partial charge on any atom is 0.245 e. The van der Waals surface area contributed by atoms with Crippen LogP contribution in [0.15, 0.2) is 18.2 Å². The smallest absolute Gasteiger partial charge is 0.245 e. The van der Waals surface area contributed by atoms with Gasteiger partial charge in [0.05, 0.1) is 12.5 Å². The Morgan fingerprint density at radius 1 is 1.56 bits per heavy atom. The van der Waals surface area contributed by atoms with E-state index in [2.05, 4.69) is 0 Å². The summed E-state index contributed by atoms with van der Waals surface area (Å²) in [7, 11) is 1.52. The zero-order valence-electron chi connectivity index (χ0n) is 10.6. The van der Waals surface area contributed by atoms with Crippen LogP contribution in [0.5, 0.6) is 0 Å². The van der Waals surface area contributed by atoms with E-state index in [1.165, 1.54) is 13.2 Å². The second-order valence-electron chi connectivity index (χ2n) is 4.22. The van der Waals surface area contributed by atoms with Crippen LogP contribution in [0.3, 0.4) is 0 Å². The average molecular weight is 255 g/mol. The second kappa shape index (κ2) is 7.08. The molecule has 5 heteroatoms. The van der Waals surface area contributed by atoms with E-state index in [0.29, 0.717) is 18.4 Å². The van der Waals surface area contributed by atoms with Crippen LogP contribution in [0.4, 0.5) is 4.39 Å². The molecule has 4 nitrogen and oxygen atoms in total. The van der Waals surface area contributed by atoms with Crippen LogP contribution in [0.25, 0.3) is 0 Å². The number of ether oxygens (including phenoxy) is 1. The van der Waals surface area contributed by atoms with E-state index in [9.17, 15) is 9.18 Å². The Labute approximate surface area is 106 Å². The number of benzene rings is 1. The van der Waals surface area contributed by atoms with Crippen molar-refractivity contribution in [3.63, 3.8) is 0 Å². The maximum absolute atomic E-state index is 13.1. The Balaban J connectivity index is 2.51. The minimum absolute atomic E-state index is 0.104. The van der Waals surface area contributed by atoms with E-state index in [1.807, 2.05) is 0 Å². The lowest BCUT2D eigenvalue weighted by molar-refractivity contribution is -0.131. The van der Waals surface area contributed by atoms with Gasteiger partial charge in [-0.1, -0.05) is 12.1 Å². The van der Waals surface area contributed by atoms with E-state index in [4.69, 9.17) is 9.94 Å². The van der Waals surface area contributed by atoms with Crippen LogP contribution in [-0.4, -0.2) is 24.3 Å². The lowest BCUT2D eigenvalue weighted by Gasteiger charge is -2.14. The van der Waals surface area contributed by atoms with Gasteiger partial charge in [-0.25, -0.2) is 9.87 Å². The summed E-state index contributed by atoms with van der Waals surface area (Å²) in [4.78, 5) is 11.0. The summed E-state index contributed by atoms with van der Waals surface area (Å²) in [5, 5.41) is 8.43. The fraction of sp³-hybridized carbons (Fsp3) is 0.462. The van der Waals surface area contributed by atoms with Gasteiger partial charge in [0.2, 0.25) is 5.91 Å². The van der Waals surface area contributed by atoms with Crippen LogP contribution in [0.1, 0.15) is 24.0 Å². The van der Waals surface area contributed by atoms with Gasteiger partial charge in [0.25, 0.3) is 0 Å². The Kier molecular flexibility index (Phi) is 5.74. The third kappa shape index (κ3) is 4.43. The lowest BCUT2D eigenvalue weighted by Crippen LogP contribution is -2.25. The molecule has 1 aromatic rings. The third-order valence-electron chi connectivity index (χ3n) is 2.85. The zero-order chi connectivity index (χ0) is 13.5. The molecule has 1 atom stereocenters. The van der Waals surface area contributed by atoms with Crippen LogP contribution in [-0.2, 0) is 16.0 Å². The molecule has 2 N–H and O–H groups in total. The SMILES string of the molecule is COC(CCc1ccc(F)c(C)c1)CC(=O)NO. The van der Waals surface area contributed by atoms with E-state index >= 15 is 0 Å². The van der Waals surface area contributed by atoms with Crippen molar-refractivity contribution < 1.29 is 19.1 Å². The van der Waals surface area contributed by atoms with Gasteiger partial charge in [0.1, 0.15) is 5.82 Å². The molecule has 0 radical (unpaired) electrons. The highest BCUT2D eigenvalue weighted by Crippen LogP contribution is 2.13. The number of amides is 1. The molecule has 0 aromatic heterocycles. The molecule has 0 saturated carbocycles. The number of nitrogens with one attached hydrogen (secondary N) is 1. The number of rotatable bonds is 6. The van der Waals surface area contributed by atoms with Crippen LogP contribution >= 0.6 is 0 Å². The predicted octanol–water partition coefficient (Wildman–Crippen LogP) is 1.98. The van der Waals surface area contributed by atoms with Crippen LogP contribution < -0.4 is 5.48 Å². The summed E-state index contributed by atoms with van der Waals surface area (Å²) >= 11 is 0. The molecule has 0 saturated heterocycles. The van der Waals surface area contributed by atoms with Gasteiger partial charge >= 0.3 is 0 Å². The van der Waals surface area contributed by atoms with Gasteiger partial charge in [0.15, 0.2) is 0 Å². The number of hydroxylamine groups is 1. The molecule has 0 aliphatic rings. The topological polar surface area (TPSA) is 58.6 Å². The molecular weight excluding hydrogens is 237 g/mol. The minimum atomic E-state index is -0.475. The van der Waals surface area contributed by atoms with Crippen molar-refractivity contribution >= 4 is 5.91 Å². The predicted molar refractivity (Wildman–Crippen MR) is 64.8 cm³/mol. The molecule has 1 rings (SSSR count).